The largest absolute Gasteiger partial charge is 0.352 e. The summed E-state index contributed by atoms with van der Waals surface area (Å²) in [6, 6.07) is 28.1. The maximum Gasteiger partial charge on any atom is 0.264 e. The van der Waals surface area contributed by atoms with Gasteiger partial charge in [-0.2, -0.15) is 0 Å². The lowest BCUT2D eigenvalue weighted by Gasteiger charge is -2.34. The third kappa shape index (κ3) is 8.40. The molecule has 0 bridgehead atoms. The van der Waals surface area contributed by atoms with Crippen molar-refractivity contribution in [3.8, 4) is 0 Å². The van der Waals surface area contributed by atoms with Gasteiger partial charge in [0, 0.05) is 24.0 Å². The van der Waals surface area contributed by atoms with Gasteiger partial charge in [0.05, 0.1) is 15.6 Å². The van der Waals surface area contributed by atoms with Gasteiger partial charge < -0.3 is 10.2 Å². The molecule has 0 radical (unpaired) electrons. The standard InChI is InChI=1S/C34H35Cl2N3O4S/c1-24(2)37-34(41)32(21-26-10-5-4-6-11-26)38(22-27-12-9-13-28(35)20-27)33(40)23-39(31-15-8-7-14-30(31)36)44(42,43)29-18-16-25(3)17-19-29/h4-20,24,32H,21-23H2,1-3H3,(H,37,41)/t32-/m1/s1. The average molecular weight is 653 g/mol. The first-order chi connectivity index (χ1) is 21.0. The topological polar surface area (TPSA) is 86.8 Å². The minimum absolute atomic E-state index is 0.00981. The second-order valence-corrected chi connectivity index (χ2v) is 13.5. The maximum absolute atomic E-state index is 14.4. The van der Waals surface area contributed by atoms with Crippen molar-refractivity contribution in [1.29, 1.82) is 0 Å². The third-order valence-corrected chi connectivity index (χ3v) is 9.28. The van der Waals surface area contributed by atoms with Crippen LogP contribution in [-0.4, -0.2) is 43.8 Å². The van der Waals surface area contributed by atoms with Crippen LogP contribution in [0.1, 0.15) is 30.5 Å². The number of hydrogen-bond donors (Lipinski definition) is 1. The number of rotatable bonds is 12. The Labute approximate surface area is 269 Å². The lowest BCUT2D eigenvalue weighted by atomic mass is 10.0. The zero-order valence-corrected chi connectivity index (χ0v) is 27.1. The summed E-state index contributed by atoms with van der Waals surface area (Å²) in [4.78, 5) is 29.6. The second kappa shape index (κ2) is 14.8. The third-order valence-electron chi connectivity index (χ3n) is 6.95. The highest BCUT2D eigenvalue weighted by atomic mass is 35.5. The Balaban J connectivity index is 1.82. The quantitative estimate of drug-likeness (QED) is 0.186. The van der Waals surface area contributed by atoms with Crippen LogP contribution in [0.3, 0.4) is 0 Å². The zero-order valence-electron chi connectivity index (χ0n) is 24.8. The summed E-state index contributed by atoms with van der Waals surface area (Å²) in [5, 5.41) is 3.57. The summed E-state index contributed by atoms with van der Waals surface area (Å²) >= 11 is 12.8. The smallest absolute Gasteiger partial charge is 0.264 e. The first kappa shape index (κ1) is 33.1. The lowest BCUT2D eigenvalue weighted by molar-refractivity contribution is -0.140. The summed E-state index contributed by atoms with van der Waals surface area (Å²) in [5.41, 5.74) is 2.57. The van der Waals surface area contributed by atoms with Gasteiger partial charge in [0.25, 0.3) is 10.0 Å². The summed E-state index contributed by atoms with van der Waals surface area (Å²) in [5.74, 6) is -0.940. The number of benzene rings is 4. The van der Waals surface area contributed by atoms with Crippen molar-refractivity contribution >= 4 is 50.7 Å². The van der Waals surface area contributed by atoms with Crippen molar-refractivity contribution in [2.45, 2.75) is 50.7 Å². The maximum atomic E-state index is 14.4. The number of carbonyl (C=O) groups excluding carboxylic acids is 2. The molecule has 4 rings (SSSR count). The summed E-state index contributed by atoms with van der Waals surface area (Å²) < 4.78 is 29.2. The molecule has 0 aliphatic rings. The monoisotopic (exact) mass is 651 g/mol. The number of carbonyl (C=O) groups is 2. The average Bonchev–Trinajstić information content (AvgIpc) is 2.98. The molecule has 0 heterocycles. The van der Waals surface area contributed by atoms with Crippen molar-refractivity contribution < 1.29 is 18.0 Å². The van der Waals surface area contributed by atoms with Crippen molar-refractivity contribution in [1.82, 2.24) is 10.2 Å². The van der Waals surface area contributed by atoms with Gasteiger partial charge in [0.2, 0.25) is 11.8 Å². The summed E-state index contributed by atoms with van der Waals surface area (Å²) in [6.45, 7) is 4.96. The van der Waals surface area contributed by atoms with Crippen LogP contribution >= 0.6 is 23.2 Å². The number of halogens is 2. The van der Waals surface area contributed by atoms with Gasteiger partial charge in [-0.05, 0) is 68.3 Å². The molecule has 4 aromatic rings. The van der Waals surface area contributed by atoms with E-state index in [-0.39, 0.29) is 40.5 Å². The predicted molar refractivity (Wildman–Crippen MR) is 176 cm³/mol. The lowest BCUT2D eigenvalue weighted by Crippen LogP contribution is -2.54. The Hall–Kier alpha value is -3.85. The second-order valence-electron chi connectivity index (χ2n) is 10.8. The van der Waals surface area contributed by atoms with Crippen LogP contribution < -0.4 is 9.62 Å². The minimum Gasteiger partial charge on any atom is -0.352 e. The van der Waals surface area contributed by atoms with E-state index >= 15 is 0 Å². The summed E-state index contributed by atoms with van der Waals surface area (Å²) in [7, 11) is -4.25. The molecule has 0 aliphatic carbocycles. The van der Waals surface area contributed by atoms with E-state index in [0.29, 0.717) is 10.6 Å². The molecule has 0 unspecified atom stereocenters. The molecule has 10 heteroatoms. The molecule has 0 aromatic heterocycles. The van der Waals surface area contributed by atoms with E-state index in [1.54, 1.807) is 60.7 Å². The van der Waals surface area contributed by atoms with Gasteiger partial charge >= 0.3 is 0 Å². The zero-order chi connectivity index (χ0) is 31.9. The Morgan fingerprint density at radius 2 is 1.45 bits per heavy atom. The Kier molecular flexibility index (Phi) is 11.1. The van der Waals surface area contributed by atoms with E-state index in [9.17, 15) is 18.0 Å². The van der Waals surface area contributed by atoms with E-state index in [1.807, 2.05) is 51.1 Å². The van der Waals surface area contributed by atoms with Crippen molar-refractivity contribution in [2.75, 3.05) is 10.8 Å². The highest BCUT2D eigenvalue weighted by molar-refractivity contribution is 7.92. The fourth-order valence-electron chi connectivity index (χ4n) is 4.77. The normalized spacial score (nSPS) is 12.0. The van der Waals surface area contributed by atoms with Gasteiger partial charge in [-0.15, -0.1) is 0 Å². The number of para-hydroxylation sites is 1. The van der Waals surface area contributed by atoms with Crippen LogP contribution in [0.25, 0.3) is 0 Å². The molecule has 0 saturated carbocycles. The molecule has 4 aromatic carbocycles. The number of hydrogen-bond acceptors (Lipinski definition) is 4. The van der Waals surface area contributed by atoms with Crippen LogP contribution in [0, 0.1) is 6.92 Å². The van der Waals surface area contributed by atoms with Crippen molar-refractivity contribution in [3.63, 3.8) is 0 Å². The predicted octanol–water partition coefficient (Wildman–Crippen LogP) is 6.66. The van der Waals surface area contributed by atoms with Crippen LogP contribution in [0.5, 0.6) is 0 Å². The summed E-state index contributed by atoms with van der Waals surface area (Å²) in [6.07, 6.45) is 0.211. The molecule has 1 N–H and O–H groups in total. The molecule has 0 fully saturated rings. The van der Waals surface area contributed by atoms with E-state index in [1.165, 1.54) is 17.0 Å². The first-order valence-corrected chi connectivity index (χ1v) is 16.4. The van der Waals surface area contributed by atoms with Gasteiger partial charge in [0.15, 0.2) is 0 Å². The van der Waals surface area contributed by atoms with Gasteiger partial charge in [-0.25, -0.2) is 8.42 Å². The Morgan fingerprint density at radius 1 is 0.818 bits per heavy atom. The molecule has 230 valence electrons. The van der Waals surface area contributed by atoms with E-state index in [2.05, 4.69) is 5.32 Å². The highest BCUT2D eigenvalue weighted by Crippen LogP contribution is 2.31. The fraction of sp³-hybridized carbons (Fsp3) is 0.235. The SMILES string of the molecule is Cc1ccc(S(=O)(=O)N(CC(=O)N(Cc2cccc(Cl)c2)[C@H](Cc2ccccc2)C(=O)NC(C)C)c2ccccc2Cl)cc1. The van der Waals surface area contributed by atoms with Crippen molar-refractivity contribution in [3.05, 3.63) is 130 Å². The molecular weight excluding hydrogens is 617 g/mol. The number of aryl methyl sites for hydroxylation is 1. The number of anilines is 1. The van der Waals surface area contributed by atoms with E-state index in [0.717, 1.165) is 15.4 Å². The van der Waals surface area contributed by atoms with Crippen LogP contribution in [0.4, 0.5) is 5.69 Å². The molecule has 0 aliphatic heterocycles. The van der Waals surface area contributed by atoms with E-state index in [4.69, 9.17) is 23.2 Å². The Bertz CT molecular complexity index is 1700. The van der Waals surface area contributed by atoms with Gasteiger partial charge in [-0.1, -0.05) is 95.5 Å². The van der Waals surface area contributed by atoms with E-state index < -0.39 is 28.5 Å². The van der Waals surface area contributed by atoms with Crippen LogP contribution in [0.15, 0.2) is 108 Å². The van der Waals surface area contributed by atoms with Crippen LogP contribution in [0.2, 0.25) is 10.0 Å². The molecule has 7 nitrogen and oxygen atoms in total. The fourth-order valence-corrected chi connectivity index (χ4v) is 6.71. The molecule has 44 heavy (non-hydrogen) atoms. The molecule has 0 saturated heterocycles. The van der Waals surface area contributed by atoms with Gasteiger partial charge in [0.1, 0.15) is 12.6 Å². The number of amides is 2. The molecule has 2 amide bonds. The molecule has 1 atom stereocenters. The highest BCUT2D eigenvalue weighted by Gasteiger charge is 2.35. The first-order valence-electron chi connectivity index (χ1n) is 14.2. The number of nitrogens with zero attached hydrogens (tertiary/aromatic N) is 2. The minimum atomic E-state index is -4.25. The van der Waals surface area contributed by atoms with Crippen molar-refractivity contribution in [2.24, 2.45) is 0 Å². The van der Waals surface area contributed by atoms with Gasteiger partial charge in [-0.3, -0.25) is 13.9 Å². The number of sulfonamides is 1. The Morgan fingerprint density at radius 3 is 2.09 bits per heavy atom. The number of nitrogens with one attached hydrogen (secondary N) is 1. The van der Waals surface area contributed by atoms with Crippen LogP contribution in [-0.2, 0) is 32.6 Å². The molecular formula is C34H35Cl2N3O4S. The molecule has 0 spiro atoms.